The first-order valence-electron chi connectivity index (χ1n) is 8.05. The van der Waals surface area contributed by atoms with Gasteiger partial charge in [-0.3, -0.25) is 4.79 Å². The quantitative estimate of drug-likeness (QED) is 0.759. The zero-order valence-electron chi connectivity index (χ0n) is 14.2. The summed E-state index contributed by atoms with van der Waals surface area (Å²) in [4.78, 5) is 11.9. The molecule has 0 atom stereocenters. The first-order chi connectivity index (χ1) is 11.8. The van der Waals surface area contributed by atoms with Crippen LogP contribution in [0.15, 0.2) is 34.0 Å². The highest BCUT2D eigenvalue weighted by atomic mass is 32.2. The number of anilines is 1. The number of sulfonamides is 1. The SMILES string of the molecule is Cc1cc(=O)c(O)c(CNS(=O)(=O)c2cccc3c2NCCC3)n1C. The van der Waals surface area contributed by atoms with Crippen molar-refractivity contribution in [1.29, 1.82) is 0 Å². The molecule has 25 heavy (non-hydrogen) atoms. The normalized spacial score (nSPS) is 14.0. The molecule has 8 heteroatoms. The monoisotopic (exact) mass is 363 g/mol. The number of nitrogens with zero attached hydrogens (tertiary/aromatic N) is 1. The predicted octanol–water partition coefficient (Wildman–Crippen LogP) is 1.24. The van der Waals surface area contributed by atoms with Crippen LogP contribution in [0.5, 0.6) is 5.75 Å². The molecule has 0 fully saturated rings. The van der Waals surface area contributed by atoms with Gasteiger partial charge in [0.1, 0.15) is 4.90 Å². The Balaban J connectivity index is 1.93. The van der Waals surface area contributed by atoms with E-state index in [4.69, 9.17) is 0 Å². The summed E-state index contributed by atoms with van der Waals surface area (Å²) in [6.07, 6.45) is 1.79. The van der Waals surface area contributed by atoms with Crippen molar-refractivity contribution in [2.24, 2.45) is 7.05 Å². The van der Waals surface area contributed by atoms with Crippen LogP contribution in [0.1, 0.15) is 23.4 Å². The number of nitrogens with one attached hydrogen (secondary N) is 2. The van der Waals surface area contributed by atoms with E-state index in [0.29, 0.717) is 11.4 Å². The molecule has 1 aliphatic rings. The van der Waals surface area contributed by atoms with Crippen molar-refractivity contribution in [2.45, 2.75) is 31.2 Å². The topological polar surface area (TPSA) is 100 Å². The summed E-state index contributed by atoms with van der Waals surface area (Å²) >= 11 is 0. The number of aromatic nitrogens is 1. The Kier molecular flexibility index (Phi) is 4.57. The van der Waals surface area contributed by atoms with Gasteiger partial charge in [-0.15, -0.1) is 0 Å². The van der Waals surface area contributed by atoms with Crippen molar-refractivity contribution < 1.29 is 13.5 Å². The molecule has 1 aliphatic heterocycles. The lowest BCUT2D eigenvalue weighted by Crippen LogP contribution is -2.28. The zero-order valence-corrected chi connectivity index (χ0v) is 15.0. The molecule has 7 nitrogen and oxygen atoms in total. The van der Waals surface area contributed by atoms with Gasteiger partial charge in [-0.1, -0.05) is 12.1 Å². The molecular weight excluding hydrogens is 342 g/mol. The average molecular weight is 363 g/mol. The number of rotatable bonds is 4. The van der Waals surface area contributed by atoms with E-state index in [1.54, 1.807) is 30.7 Å². The van der Waals surface area contributed by atoms with Crippen molar-refractivity contribution in [3.05, 3.63) is 51.4 Å². The number of fused-ring (bicyclic) bond motifs is 1. The first kappa shape index (κ1) is 17.5. The van der Waals surface area contributed by atoms with E-state index in [9.17, 15) is 18.3 Å². The minimum absolute atomic E-state index is 0.175. The standard InChI is InChI=1S/C17H21N3O4S/c1-11-9-14(21)17(22)13(20(11)2)10-19-25(23,24)15-7-3-5-12-6-4-8-18-16(12)15/h3,5,7,9,18-19,22H,4,6,8,10H2,1-2H3. The summed E-state index contributed by atoms with van der Waals surface area (Å²) in [7, 11) is -2.13. The Morgan fingerprint density at radius 3 is 2.88 bits per heavy atom. The third-order valence-corrected chi connectivity index (χ3v) is 5.98. The summed E-state index contributed by atoms with van der Waals surface area (Å²) in [5.74, 6) is -0.441. The van der Waals surface area contributed by atoms with Gasteiger partial charge in [0.15, 0.2) is 5.75 Å². The fourth-order valence-corrected chi connectivity index (χ4v) is 4.23. The van der Waals surface area contributed by atoms with Crippen LogP contribution >= 0.6 is 0 Å². The molecule has 0 radical (unpaired) electrons. The van der Waals surface area contributed by atoms with Crippen molar-refractivity contribution in [1.82, 2.24) is 9.29 Å². The second-order valence-corrected chi connectivity index (χ2v) is 7.88. The van der Waals surface area contributed by atoms with Crippen LogP contribution in [0.4, 0.5) is 5.69 Å². The van der Waals surface area contributed by atoms with Crippen molar-refractivity contribution in [3.8, 4) is 5.75 Å². The molecule has 0 saturated carbocycles. The number of hydrogen-bond acceptors (Lipinski definition) is 5. The number of aromatic hydroxyl groups is 1. The number of benzene rings is 1. The van der Waals surface area contributed by atoms with Crippen LogP contribution in [0.2, 0.25) is 0 Å². The number of hydrogen-bond donors (Lipinski definition) is 3. The van der Waals surface area contributed by atoms with Crippen LogP contribution in [0.3, 0.4) is 0 Å². The largest absolute Gasteiger partial charge is 0.503 e. The van der Waals surface area contributed by atoms with Crippen molar-refractivity contribution in [2.75, 3.05) is 11.9 Å². The third kappa shape index (κ3) is 3.27. The molecule has 0 spiro atoms. The minimum atomic E-state index is -3.80. The Hall–Kier alpha value is -2.32. The lowest BCUT2D eigenvalue weighted by atomic mass is 10.0. The molecule has 2 aromatic rings. The van der Waals surface area contributed by atoms with E-state index in [-0.39, 0.29) is 17.1 Å². The predicted molar refractivity (Wildman–Crippen MR) is 95.4 cm³/mol. The molecule has 2 heterocycles. The molecule has 3 rings (SSSR count). The van der Waals surface area contributed by atoms with Crippen LogP contribution in [-0.4, -0.2) is 24.6 Å². The lowest BCUT2D eigenvalue weighted by molar-refractivity contribution is 0.450. The Morgan fingerprint density at radius 1 is 1.36 bits per heavy atom. The van der Waals surface area contributed by atoms with Crippen LogP contribution < -0.4 is 15.5 Å². The fraction of sp³-hybridized carbons (Fsp3) is 0.353. The second-order valence-electron chi connectivity index (χ2n) is 6.15. The van der Waals surface area contributed by atoms with Gasteiger partial charge >= 0.3 is 0 Å². The molecule has 1 aromatic carbocycles. The van der Waals surface area contributed by atoms with E-state index in [2.05, 4.69) is 10.0 Å². The van der Waals surface area contributed by atoms with Gasteiger partial charge in [-0.05, 0) is 31.4 Å². The molecule has 3 N–H and O–H groups in total. The van der Waals surface area contributed by atoms with E-state index in [0.717, 1.165) is 24.9 Å². The van der Waals surface area contributed by atoms with Gasteiger partial charge in [0, 0.05) is 25.4 Å². The first-order valence-corrected chi connectivity index (χ1v) is 9.53. The molecule has 0 aliphatic carbocycles. The maximum Gasteiger partial charge on any atom is 0.242 e. The number of para-hydroxylation sites is 1. The highest BCUT2D eigenvalue weighted by molar-refractivity contribution is 7.89. The molecule has 0 unspecified atom stereocenters. The summed E-state index contributed by atoms with van der Waals surface area (Å²) in [5, 5.41) is 13.1. The Labute approximate surface area is 146 Å². The van der Waals surface area contributed by atoms with E-state index in [1.807, 2.05) is 6.07 Å². The van der Waals surface area contributed by atoms with Crippen molar-refractivity contribution in [3.63, 3.8) is 0 Å². The maximum atomic E-state index is 12.7. The Bertz CT molecular complexity index is 980. The number of pyridine rings is 1. The molecule has 0 saturated heterocycles. The van der Waals surface area contributed by atoms with Gasteiger partial charge in [0.25, 0.3) is 0 Å². The molecular formula is C17H21N3O4S. The zero-order chi connectivity index (χ0) is 18.2. The second kappa shape index (κ2) is 6.53. The lowest BCUT2D eigenvalue weighted by Gasteiger charge is -2.21. The maximum absolute atomic E-state index is 12.7. The summed E-state index contributed by atoms with van der Waals surface area (Å²) < 4.78 is 29.6. The van der Waals surface area contributed by atoms with Crippen LogP contribution in [-0.2, 0) is 30.0 Å². The smallest absolute Gasteiger partial charge is 0.242 e. The van der Waals surface area contributed by atoms with E-state index in [1.165, 1.54) is 6.07 Å². The highest BCUT2D eigenvalue weighted by Crippen LogP contribution is 2.29. The summed E-state index contributed by atoms with van der Waals surface area (Å²) in [6, 6.07) is 6.50. The molecule has 0 amide bonds. The van der Waals surface area contributed by atoms with Gasteiger partial charge in [-0.2, -0.15) is 0 Å². The van der Waals surface area contributed by atoms with E-state index < -0.39 is 21.2 Å². The van der Waals surface area contributed by atoms with Crippen LogP contribution in [0.25, 0.3) is 0 Å². The molecule has 0 bridgehead atoms. The van der Waals surface area contributed by atoms with Gasteiger partial charge in [0.2, 0.25) is 15.5 Å². The minimum Gasteiger partial charge on any atom is -0.503 e. The van der Waals surface area contributed by atoms with Crippen LogP contribution in [0, 0.1) is 6.92 Å². The third-order valence-electron chi connectivity index (χ3n) is 4.54. The van der Waals surface area contributed by atoms with Gasteiger partial charge in [-0.25, -0.2) is 13.1 Å². The number of aryl methyl sites for hydroxylation is 2. The summed E-state index contributed by atoms with van der Waals surface area (Å²) in [6.45, 7) is 2.27. The van der Waals surface area contributed by atoms with Crippen molar-refractivity contribution >= 4 is 15.7 Å². The molecule has 134 valence electrons. The average Bonchev–Trinajstić information content (AvgIpc) is 2.59. The van der Waals surface area contributed by atoms with Gasteiger partial charge < -0.3 is 15.0 Å². The van der Waals surface area contributed by atoms with Gasteiger partial charge in [0.05, 0.1) is 17.9 Å². The fourth-order valence-electron chi connectivity index (χ4n) is 3.01. The molecule has 1 aromatic heterocycles. The summed E-state index contributed by atoms with van der Waals surface area (Å²) in [5.41, 5.74) is 1.94. The van der Waals surface area contributed by atoms with E-state index >= 15 is 0 Å². The Morgan fingerprint density at radius 2 is 2.12 bits per heavy atom. The highest BCUT2D eigenvalue weighted by Gasteiger charge is 2.23.